The molecule has 0 saturated heterocycles. The van der Waals surface area contributed by atoms with E-state index in [0.717, 1.165) is 26.9 Å². The minimum Gasteiger partial charge on any atom is -0.490 e. The largest absolute Gasteiger partial charge is 0.490 e. The second kappa shape index (κ2) is 11.5. The molecule has 8 nitrogen and oxygen atoms in total. The Hall–Kier alpha value is -2.03. The van der Waals surface area contributed by atoms with Crippen molar-refractivity contribution in [2.75, 3.05) is 13.2 Å². The van der Waals surface area contributed by atoms with Crippen molar-refractivity contribution in [3.63, 3.8) is 0 Å². The lowest BCUT2D eigenvalue weighted by atomic mass is 10.1. The summed E-state index contributed by atoms with van der Waals surface area (Å²) < 4.78 is 27.1. The zero-order valence-corrected chi connectivity index (χ0v) is 19.9. The molecule has 1 aromatic heterocycles. The van der Waals surface area contributed by atoms with Gasteiger partial charge in [-0.2, -0.15) is 4.98 Å². The molecule has 10 heteroatoms. The highest BCUT2D eigenvalue weighted by molar-refractivity contribution is 9.10. The van der Waals surface area contributed by atoms with E-state index in [1.807, 2.05) is 56.3 Å². The van der Waals surface area contributed by atoms with Crippen molar-refractivity contribution in [1.29, 1.82) is 0 Å². The predicted octanol–water partition coefficient (Wildman–Crippen LogP) is 4.83. The fraction of sp³-hybridized carbons (Fsp3) is 0.333. The summed E-state index contributed by atoms with van der Waals surface area (Å²) in [5.41, 5.74) is 2.77. The van der Waals surface area contributed by atoms with Gasteiger partial charge >= 0.3 is 8.25 Å². The SMILES string of the molecule is CC(C)Oc1ccc(-c2nc(-c3ccc(CNCCCO[PH](=O)O)cc3)no2)cc1Br. The number of nitrogens with zero attached hydrogens (tertiary/aromatic N) is 2. The molecule has 2 aromatic carbocycles. The molecule has 31 heavy (non-hydrogen) atoms. The topological polar surface area (TPSA) is 107 Å². The summed E-state index contributed by atoms with van der Waals surface area (Å²) in [6.07, 6.45) is 0.754. The Morgan fingerprint density at radius 1 is 1.19 bits per heavy atom. The highest BCUT2D eigenvalue weighted by Crippen LogP contribution is 2.31. The first-order chi connectivity index (χ1) is 14.9. The second-order valence-electron chi connectivity index (χ2n) is 7.08. The van der Waals surface area contributed by atoms with Crippen LogP contribution in [0.25, 0.3) is 22.8 Å². The van der Waals surface area contributed by atoms with Crippen LogP contribution in [0.4, 0.5) is 0 Å². The fourth-order valence-corrected chi connectivity index (χ4v) is 3.59. The summed E-state index contributed by atoms with van der Waals surface area (Å²) in [6, 6.07) is 13.5. The van der Waals surface area contributed by atoms with Gasteiger partial charge in [-0.15, -0.1) is 0 Å². The third-order valence-electron chi connectivity index (χ3n) is 4.23. The molecule has 0 fully saturated rings. The smallest absolute Gasteiger partial charge is 0.316 e. The second-order valence-corrected chi connectivity index (χ2v) is 8.75. The highest BCUT2D eigenvalue weighted by Gasteiger charge is 2.13. The van der Waals surface area contributed by atoms with Crippen LogP contribution >= 0.6 is 24.2 Å². The molecular formula is C21H25BrN3O5P. The molecule has 1 heterocycles. The standard InChI is InChI=1S/C21H25BrN3O5P/c1-14(2)29-19-9-8-17(12-18(19)22)21-24-20(25-30-21)16-6-4-15(5-7-16)13-23-10-3-11-28-31(26)27/h4-9,12,14,23,31H,3,10-11,13H2,1-2H3,(H,26,27). The first-order valence-electron chi connectivity index (χ1n) is 9.88. The van der Waals surface area contributed by atoms with Gasteiger partial charge in [0.15, 0.2) is 0 Å². The third kappa shape index (κ3) is 7.26. The minimum atomic E-state index is -2.83. The summed E-state index contributed by atoms with van der Waals surface area (Å²) in [7, 11) is -2.83. The van der Waals surface area contributed by atoms with Crippen molar-refractivity contribution < 1.29 is 23.2 Å². The molecule has 0 aliphatic rings. The number of halogens is 1. The minimum absolute atomic E-state index is 0.0864. The van der Waals surface area contributed by atoms with Crippen LogP contribution in [0.1, 0.15) is 25.8 Å². The number of rotatable bonds is 11. The van der Waals surface area contributed by atoms with E-state index in [0.29, 0.717) is 31.2 Å². The molecule has 0 amide bonds. The number of hydrogen-bond acceptors (Lipinski definition) is 7. The summed E-state index contributed by atoms with van der Waals surface area (Å²) in [5, 5.41) is 7.36. The molecule has 0 spiro atoms. The van der Waals surface area contributed by atoms with E-state index in [1.54, 1.807) is 0 Å². The molecule has 3 rings (SSSR count). The molecule has 0 aliphatic carbocycles. The Morgan fingerprint density at radius 2 is 1.94 bits per heavy atom. The lowest BCUT2D eigenvalue weighted by molar-refractivity contribution is 0.241. The van der Waals surface area contributed by atoms with Gasteiger partial charge in [0.25, 0.3) is 5.89 Å². The van der Waals surface area contributed by atoms with Crippen molar-refractivity contribution >= 4 is 24.2 Å². The van der Waals surface area contributed by atoms with Crippen LogP contribution in [-0.2, 0) is 15.6 Å². The maximum Gasteiger partial charge on any atom is 0.316 e. The van der Waals surface area contributed by atoms with Gasteiger partial charge in [-0.25, -0.2) is 0 Å². The first-order valence-corrected chi connectivity index (χ1v) is 11.9. The quantitative estimate of drug-likeness (QED) is 0.279. The summed E-state index contributed by atoms with van der Waals surface area (Å²) >= 11 is 3.52. The number of hydrogen-bond donors (Lipinski definition) is 2. The van der Waals surface area contributed by atoms with Crippen LogP contribution in [0.2, 0.25) is 0 Å². The molecular weight excluding hydrogens is 485 g/mol. The molecule has 166 valence electrons. The van der Waals surface area contributed by atoms with Crippen molar-refractivity contribution in [3.8, 4) is 28.6 Å². The van der Waals surface area contributed by atoms with E-state index in [-0.39, 0.29) is 12.7 Å². The van der Waals surface area contributed by atoms with Gasteiger partial charge in [-0.3, -0.25) is 4.57 Å². The van der Waals surface area contributed by atoms with Gasteiger partial charge in [0.2, 0.25) is 5.82 Å². The van der Waals surface area contributed by atoms with Gasteiger partial charge in [-0.1, -0.05) is 29.4 Å². The zero-order chi connectivity index (χ0) is 22.2. The van der Waals surface area contributed by atoms with Crippen LogP contribution in [0, 0.1) is 0 Å². The molecule has 0 aliphatic heterocycles. The van der Waals surface area contributed by atoms with Crippen molar-refractivity contribution in [1.82, 2.24) is 15.5 Å². The van der Waals surface area contributed by atoms with Crippen molar-refractivity contribution in [3.05, 3.63) is 52.5 Å². The zero-order valence-electron chi connectivity index (χ0n) is 17.3. The molecule has 1 unspecified atom stereocenters. The molecule has 0 saturated carbocycles. The van der Waals surface area contributed by atoms with Crippen molar-refractivity contribution in [2.45, 2.75) is 32.9 Å². The number of aromatic nitrogens is 2. The first kappa shape index (κ1) is 23.6. The van der Waals surface area contributed by atoms with E-state index >= 15 is 0 Å². The highest BCUT2D eigenvalue weighted by atomic mass is 79.9. The Balaban J connectivity index is 1.57. The average molecular weight is 510 g/mol. The van der Waals surface area contributed by atoms with Crippen LogP contribution in [-0.4, -0.2) is 34.3 Å². The van der Waals surface area contributed by atoms with E-state index in [2.05, 4.69) is 35.9 Å². The number of nitrogens with one attached hydrogen (secondary N) is 1. The van der Waals surface area contributed by atoms with Gasteiger partial charge in [0.1, 0.15) is 5.75 Å². The Bertz CT molecular complexity index is 1010. The summed E-state index contributed by atoms with van der Waals surface area (Å²) in [4.78, 5) is 13.1. The monoisotopic (exact) mass is 509 g/mol. The molecule has 2 N–H and O–H groups in total. The Kier molecular flexibility index (Phi) is 8.80. The maximum atomic E-state index is 10.5. The third-order valence-corrected chi connectivity index (χ3v) is 5.30. The van der Waals surface area contributed by atoms with E-state index in [4.69, 9.17) is 14.2 Å². The fourth-order valence-electron chi connectivity index (χ4n) is 2.80. The van der Waals surface area contributed by atoms with Gasteiger partial charge in [0.05, 0.1) is 17.2 Å². The van der Waals surface area contributed by atoms with Gasteiger partial charge < -0.3 is 24.0 Å². The lowest BCUT2D eigenvalue weighted by Crippen LogP contribution is -2.15. The van der Waals surface area contributed by atoms with Crippen LogP contribution in [0.5, 0.6) is 5.75 Å². The number of ether oxygens (including phenoxy) is 1. The Labute approximate surface area is 190 Å². The van der Waals surface area contributed by atoms with E-state index < -0.39 is 8.25 Å². The number of benzene rings is 2. The molecule has 3 aromatic rings. The van der Waals surface area contributed by atoms with Gasteiger partial charge in [0, 0.05) is 17.7 Å². The normalized spacial score (nSPS) is 12.3. The lowest BCUT2D eigenvalue weighted by Gasteiger charge is -2.11. The summed E-state index contributed by atoms with van der Waals surface area (Å²) in [5.74, 6) is 1.72. The Morgan fingerprint density at radius 3 is 2.61 bits per heavy atom. The summed E-state index contributed by atoms with van der Waals surface area (Å²) in [6.45, 7) is 5.60. The molecule has 0 radical (unpaired) electrons. The van der Waals surface area contributed by atoms with Crippen molar-refractivity contribution in [2.24, 2.45) is 0 Å². The van der Waals surface area contributed by atoms with Crippen LogP contribution in [0.3, 0.4) is 0 Å². The predicted molar refractivity (Wildman–Crippen MR) is 122 cm³/mol. The van der Waals surface area contributed by atoms with E-state index in [1.165, 1.54) is 0 Å². The van der Waals surface area contributed by atoms with Crippen LogP contribution in [0.15, 0.2) is 51.5 Å². The van der Waals surface area contributed by atoms with Crippen LogP contribution < -0.4 is 10.1 Å². The molecule has 0 bridgehead atoms. The molecule has 1 atom stereocenters. The van der Waals surface area contributed by atoms with Gasteiger partial charge in [-0.05, 0) is 66.5 Å². The average Bonchev–Trinajstić information content (AvgIpc) is 3.22. The van der Waals surface area contributed by atoms with E-state index in [9.17, 15) is 4.57 Å². The maximum absolute atomic E-state index is 10.5.